The number of hydrogen-bond donors (Lipinski definition) is 1. The Hall–Kier alpha value is -1.86. The molecule has 2 amide bonds. The Morgan fingerprint density at radius 3 is 2.66 bits per heavy atom. The molecule has 0 bridgehead atoms. The third-order valence-electron chi connectivity index (χ3n) is 6.60. The molecule has 3 aliphatic rings. The number of rotatable bonds is 7. The summed E-state index contributed by atoms with van der Waals surface area (Å²) in [5, 5.41) is 3.08. The SMILES string of the molecule is Cn1cccc1C(=O)NCCN(C1CCOCC1)C1CCCN(C(=O)C2CC2)C1. The van der Waals surface area contributed by atoms with E-state index in [1.165, 1.54) is 0 Å². The number of carbonyl (C=O) groups excluding carboxylic acids is 2. The Kier molecular flexibility index (Phi) is 6.55. The minimum atomic E-state index is -0.0291. The van der Waals surface area contributed by atoms with Crippen molar-refractivity contribution in [2.24, 2.45) is 13.0 Å². The molecular weight excluding hydrogens is 368 g/mol. The normalized spacial score (nSPS) is 23.4. The summed E-state index contributed by atoms with van der Waals surface area (Å²) >= 11 is 0. The summed E-state index contributed by atoms with van der Waals surface area (Å²) < 4.78 is 7.42. The Bertz CT molecular complexity index is 709. The van der Waals surface area contributed by atoms with E-state index in [9.17, 15) is 9.59 Å². The van der Waals surface area contributed by atoms with Gasteiger partial charge in [0.15, 0.2) is 0 Å². The van der Waals surface area contributed by atoms with E-state index in [1.807, 2.05) is 29.9 Å². The molecule has 1 saturated carbocycles. The Labute approximate surface area is 173 Å². The van der Waals surface area contributed by atoms with Crippen molar-refractivity contribution >= 4 is 11.8 Å². The van der Waals surface area contributed by atoms with E-state index < -0.39 is 0 Å². The fourth-order valence-electron chi connectivity index (χ4n) is 4.78. The molecule has 0 spiro atoms. The maximum Gasteiger partial charge on any atom is 0.267 e. The van der Waals surface area contributed by atoms with Gasteiger partial charge >= 0.3 is 0 Å². The van der Waals surface area contributed by atoms with E-state index in [0.717, 1.165) is 71.4 Å². The first kappa shape index (κ1) is 20.4. The lowest BCUT2D eigenvalue weighted by Gasteiger charge is -2.44. The molecule has 3 heterocycles. The molecule has 0 aromatic carbocycles. The third kappa shape index (κ3) is 5.01. The highest BCUT2D eigenvalue weighted by atomic mass is 16.5. The topological polar surface area (TPSA) is 66.8 Å². The summed E-state index contributed by atoms with van der Waals surface area (Å²) in [7, 11) is 1.89. The Balaban J connectivity index is 1.37. The highest BCUT2D eigenvalue weighted by Crippen LogP contribution is 2.32. The molecule has 1 N–H and O–H groups in total. The second-order valence-electron chi connectivity index (χ2n) is 8.70. The van der Waals surface area contributed by atoms with Crippen LogP contribution in [0.25, 0.3) is 0 Å². The zero-order valence-corrected chi connectivity index (χ0v) is 17.5. The van der Waals surface area contributed by atoms with Crippen LogP contribution in [0.5, 0.6) is 0 Å². The lowest BCUT2D eigenvalue weighted by molar-refractivity contribution is -0.135. The van der Waals surface area contributed by atoms with Gasteiger partial charge in [-0.2, -0.15) is 0 Å². The molecule has 4 rings (SSSR count). The van der Waals surface area contributed by atoms with Gasteiger partial charge in [0.2, 0.25) is 5.91 Å². The maximum absolute atomic E-state index is 12.6. The van der Waals surface area contributed by atoms with Crippen LogP contribution in [0.2, 0.25) is 0 Å². The fraction of sp³-hybridized carbons (Fsp3) is 0.727. The van der Waals surface area contributed by atoms with Gasteiger partial charge in [0.1, 0.15) is 5.69 Å². The van der Waals surface area contributed by atoms with Crippen LogP contribution < -0.4 is 5.32 Å². The van der Waals surface area contributed by atoms with Crippen LogP contribution in [0.1, 0.15) is 49.0 Å². The minimum Gasteiger partial charge on any atom is -0.381 e. The number of nitrogens with zero attached hydrogens (tertiary/aromatic N) is 3. The predicted molar refractivity (Wildman–Crippen MR) is 111 cm³/mol. The number of amides is 2. The molecule has 29 heavy (non-hydrogen) atoms. The van der Waals surface area contributed by atoms with Gasteiger partial charge in [0.25, 0.3) is 5.91 Å². The number of piperidine rings is 1. The summed E-state index contributed by atoms with van der Waals surface area (Å²) in [4.78, 5) is 29.7. The number of nitrogens with one attached hydrogen (secondary N) is 1. The number of hydrogen-bond acceptors (Lipinski definition) is 4. The van der Waals surface area contributed by atoms with Crippen molar-refractivity contribution in [3.05, 3.63) is 24.0 Å². The van der Waals surface area contributed by atoms with Crippen LogP contribution in [0, 0.1) is 5.92 Å². The standard InChI is InChI=1S/C22H34N4O3/c1-24-11-3-5-20(24)21(27)23-10-13-26(18-8-14-29-15-9-18)19-4-2-12-25(16-19)22(28)17-6-7-17/h3,5,11,17-19H,2,4,6-10,12-16H2,1H3,(H,23,27). The smallest absolute Gasteiger partial charge is 0.267 e. The first-order valence-electron chi connectivity index (χ1n) is 11.2. The van der Waals surface area contributed by atoms with Crippen LogP contribution >= 0.6 is 0 Å². The van der Waals surface area contributed by atoms with Crippen molar-refractivity contribution in [3.8, 4) is 0 Å². The molecule has 1 atom stereocenters. The molecule has 1 aromatic heterocycles. The van der Waals surface area contributed by atoms with Crippen LogP contribution in [-0.2, 0) is 16.6 Å². The van der Waals surface area contributed by atoms with Gasteiger partial charge in [-0.25, -0.2) is 0 Å². The average Bonchev–Trinajstić information content (AvgIpc) is 3.51. The largest absolute Gasteiger partial charge is 0.381 e. The van der Waals surface area contributed by atoms with E-state index >= 15 is 0 Å². The number of aryl methyl sites for hydroxylation is 1. The zero-order valence-electron chi connectivity index (χ0n) is 17.5. The summed E-state index contributed by atoms with van der Waals surface area (Å²) in [6, 6.07) is 4.57. The maximum atomic E-state index is 12.6. The highest BCUT2D eigenvalue weighted by molar-refractivity contribution is 5.92. The molecule has 2 saturated heterocycles. The molecule has 3 fully saturated rings. The van der Waals surface area contributed by atoms with E-state index in [4.69, 9.17) is 4.74 Å². The van der Waals surface area contributed by atoms with E-state index in [0.29, 0.717) is 30.2 Å². The van der Waals surface area contributed by atoms with Gasteiger partial charge in [0.05, 0.1) is 0 Å². The van der Waals surface area contributed by atoms with Gasteiger partial charge in [-0.05, 0) is 50.7 Å². The summed E-state index contributed by atoms with van der Waals surface area (Å²) in [5.41, 5.74) is 0.682. The van der Waals surface area contributed by atoms with Crippen molar-refractivity contribution in [1.29, 1.82) is 0 Å². The molecule has 160 valence electrons. The van der Waals surface area contributed by atoms with Crippen LogP contribution in [0.3, 0.4) is 0 Å². The molecule has 1 unspecified atom stereocenters. The number of ether oxygens (including phenoxy) is 1. The lowest BCUT2D eigenvalue weighted by atomic mass is 9.98. The average molecular weight is 403 g/mol. The number of aromatic nitrogens is 1. The van der Waals surface area contributed by atoms with E-state index in [-0.39, 0.29) is 11.8 Å². The van der Waals surface area contributed by atoms with Gasteiger partial charge in [0, 0.05) is 70.6 Å². The molecule has 2 aliphatic heterocycles. The van der Waals surface area contributed by atoms with Gasteiger partial charge < -0.3 is 19.5 Å². The Morgan fingerprint density at radius 2 is 1.97 bits per heavy atom. The zero-order chi connectivity index (χ0) is 20.2. The number of likely N-dealkylation sites (tertiary alicyclic amines) is 1. The van der Waals surface area contributed by atoms with Crippen LogP contribution in [0.15, 0.2) is 18.3 Å². The quantitative estimate of drug-likeness (QED) is 0.753. The molecule has 1 aromatic rings. The van der Waals surface area contributed by atoms with Crippen molar-refractivity contribution < 1.29 is 14.3 Å². The fourth-order valence-corrected chi connectivity index (χ4v) is 4.78. The van der Waals surface area contributed by atoms with Crippen LogP contribution in [0.4, 0.5) is 0 Å². The third-order valence-corrected chi connectivity index (χ3v) is 6.60. The molecule has 0 radical (unpaired) electrons. The van der Waals surface area contributed by atoms with Crippen molar-refractivity contribution in [2.75, 3.05) is 39.4 Å². The number of carbonyl (C=O) groups is 2. The van der Waals surface area contributed by atoms with Crippen molar-refractivity contribution in [2.45, 2.75) is 50.6 Å². The van der Waals surface area contributed by atoms with E-state index in [1.54, 1.807) is 0 Å². The van der Waals surface area contributed by atoms with Crippen molar-refractivity contribution in [3.63, 3.8) is 0 Å². The predicted octanol–water partition coefficient (Wildman–Crippen LogP) is 1.64. The van der Waals surface area contributed by atoms with Gasteiger partial charge in [-0.3, -0.25) is 14.5 Å². The second kappa shape index (κ2) is 9.30. The molecular formula is C22H34N4O3. The highest BCUT2D eigenvalue weighted by Gasteiger charge is 2.37. The van der Waals surface area contributed by atoms with Crippen LogP contribution in [-0.4, -0.2) is 77.7 Å². The summed E-state index contributed by atoms with van der Waals surface area (Å²) in [6.07, 6.45) is 8.26. The first-order chi connectivity index (χ1) is 14.1. The van der Waals surface area contributed by atoms with E-state index in [2.05, 4.69) is 15.1 Å². The molecule has 7 nitrogen and oxygen atoms in total. The first-order valence-corrected chi connectivity index (χ1v) is 11.2. The summed E-state index contributed by atoms with van der Waals surface area (Å²) in [5.74, 6) is 0.618. The van der Waals surface area contributed by atoms with Gasteiger partial charge in [-0.15, -0.1) is 0 Å². The molecule has 1 aliphatic carbocycles. The Morgan fingerprint density at radius 1 is 1.17 bits per heavy atom. The second-order valence-corrected chi connectivity index (χ2v) is 8.70. The summed E-state index contributed by atoms with van der Waals surface area (Å²) in [6.45, 7) is 4.77. The minimum absolute atomic E-state index is 0.0291. The monoisotopic (exact) mass is 402 g/mol. The van der Waals surface area contributed by atoms with Gasteiger partial charge in [-0.1, -0.05) is 0 Å². The van der Waals surface area contributed by atoms with Crippen molar-refractivity contribution in [1.82, 2.24) is 19.7 Å². The lowest BCUT2D eigenvalue weighted by Crippen LogP contribution is -2.55. The molecule has 7 heteroatoms.